The van der Waals surface area contributed by atoms with Crippen molar-refractivity contribution in [3.8, 4) is 0 Å². The van der Waals surface area contributed by atoms with Gasteiger partial charge in [-0.25, -0.2) is 4.39 Å². The molecule has 2 saturated heterocycles. The van der Waals surface area contributed by atoms with Crippen molar-refractivity contribution in [2.24, 2.45) is 0 Å². The minimum Gasteiger partial charge on any atom is -0.311 e. The van der Waals surface area contributed by atoms with Gasteiger partial charge in [-0.2, -0.15) is 0 Å². The Balaban J connectivity index is 2.09. The van der Waals surface area contributed by atoms with Gasteiger partial charge in [0.2, 0.25) is 0 Å². The van der Waals surface area contributed by atoms with E-state index in [0.717, 1.165) is 12.8 Å². The summed E-state index contributed by atoms with van der Waals surface area (Å²) in [7, 11) is 0. The zero-order valence-corrected chi connectivity index (χ0v) is 6.36. The molecule has 0 amide bonds. The molecule has 0 aromatic rings. The molecule has 0 spiro atoms. The lowest BCUT2D eigenvalue weighted by Crippen LogP contribution is -2.44. The summed E-state index contributed by atoms with van der Waals surface area (Å²) in [6.45, 7) is 1.74. The molecule has 2 heterocycles. The molecule has 2 aliphatic heterocycles. The average Bonchev–Trinajstić information content (AvgIpc) is 2.08. The van der Waals surface area contributed by atoms with Crippen LogP contribution in [0.2, 0.25) is 0 Å². The molecular formula is C8H14FN. The van der Waals surface area contributed by atoms with Gasteiger partial charge in [-0.05, 0) is 32.6 Å². The van der Waals surface area contributed by atoms with E-state index in [4.69, 9.17) is 0 Å². The monoisotopic (exact) mass is 143 g/mol. The number of alkyl halides is 1. The van der Waals surface area contributed by atoms with Crippen molar-refractivity contribution in [3.05, 3.63) is 0 Å². The second-order valence-electron chi connectivity index (χ2n) is 3.96. The maximum absolute atomic E-state index is 13.4. The highest BCUT2D eigenvalue weighted by Crippen LogP contribution is 2.35. The Hall–Kier alpha value is -0.110. The third-order valence-electron chi connectivity index (χ3n) is 2.68. The summed E-state index contributed by atoms with van der Waals surface area (Å²) in [6, 6.07) is 0.961. The van der Waals surface area contributed by atoms with E-state index < -0.39 is 5.67 Å². The lowest BCUT2D eigenvalue weighted by Gasteiger charge is -2.31. The molecule has 2 rings (SSSR count). The van der Waals surface area contributed by atoms with Crippen LogP contribution in [-0.4, -0.2) is 17.8 Å². The van der Waals surface area contributed by atoms with Gasteiger partial charge in [0.15, 0.2) is 0 Å². The first-order valence-electron chi connectivity index (χ1n) is 4.11. The van der Waals surface area contributed by atoms with Gasteiger partial charge in [0.1, 0.15) is 5.67 Å². The summed E-state index contributed by atoms with van der Waals surface area (Å²) in [5, 5.41) is 3.41. The summed E-state index contributed by atoms with van der Waals surface area (Å²) in [5.74, 6) is 0. The molecule has 2 bridgehead atoms. The van der Waals surface area contributed by atoms with Gasteiger partial charge in [-0.1, -0.05) is 0 Å². The molecule has 0 aliphatic carbocycles. The predicted molar refractivity (Wildman–Crippen MR) is 38.7 cm³/mol. The smallest absolute Gasteiger partial charge is 0.111 e. The number of rotatable bonds is 0. The maximum atomic E-state index is 13.4. The van der Waals surface area contributed by atoms with E-state index in [9.17, 15) is 4.39 Å². The third kappa shape index (κ3) is 1.05. The SMILES string of the molecule is CC1(F)CC2CCC(C1)N2. The van der Waals surface area contributed by atoms with Crippen LogP contribution in [-0.2, 0) is 0 Å². The van der Waals surface area contributed by atoms with Crippen LogP contribution < -0.4 is 5.32 Å². The second kappa shape index (κ2) is 1.94. The van der Waals surface area contributed by atoms with Crippen LogP contribution in [0.15, 0.2) is 0 Å². The van der Waals surface area contributed by atoms with Crippen molar-refractivity contribution >= 4 is 0 Å². The molecule has 0 radical (unpaired) electrons. The maximum Gasteiger partial charge on any atom is 0.111 e. The number of hydrogen-bond donors (Lipinski definition) is 1. The van der Waals surface area contributed by atoms with Gasteiger partial charge in [-0.3, -0.25) is 0 Å². The van der Waals surface area contributed by atoms with E-state index in [-0.39, 0.29) is 0 Å². The van der Waals surface area contributed by atoms with Gasteiger partial charge in [0.25, 0.3) is 0 Å². The number of hydrogen-bond acceptors (Lipinski definition) is 1. The van der Waals surface area contributed by atoms with E-state index in [0.29, 0.717) is 12.1 Å². The molecule has 2 unspecified atom stereocenters. The van der Waals surface area contributed by atoms with Crippen molar-refractivity contribution in [1.82, 2.24) is 5.32 Å². The molecule has 2 aliphatic rings. The lowest BCUT2D eigenvalue weighted by molar-refractivity contribution is 0.110. The van der Waals surface area contributed by atoms with Gasteiger partial charge in [0, 0.05) is 12.1 Å². The Morgan fingerprint density at radius 1 is 1.30 bits per heavy atom. The highest BCUT2D eigenvalue weighted by molar-refractivity contribution is 4.97. The molecular weight excluding hydrogens is 129 g/mol. The van der Waals surface area contributed by atoms with Crippen molar-refractivity contribution in [1.29, 1.82) is 0 Å². The zero-order chi connectivity index (χ0) is 7.19. The van der Waals surface area contributed by atoms with Crippen molar-refractivity contribution in [3.63, 3.8) is 0 Å². The molecule has 58 valence electrons. The highest BCUT2D eigenvalue weighted by Gasteiger charge is 2.40. The Morgan fingerprint density at radius 3 is 2.30 bits per heavy atom. The molecule has 2 heteroatoms. The molecule has 0 aromatic heterocycles. The summed E-state index contributed by atoms with van der Waals surface area (Å²) in [5.41, 5.74) is -0.878. The Labute approximate surface area is 61.0 Å². The van der Waals surface area contributed by atoms with Crippen LogP contribution in [0.5, 0.6) is 0 Å². The predicted octanol–water partition coefficient (Wildman–Crippen LogP) is 1.63. The Morgan fingerprint density at radius 2 is 1.80 bits per heavy atom. The Kier molecular flexibility index (Phi) is 1.28. The first kappa shape index (κ1) is 6.59. The van der Waals surface area contributed by atoms with Crippen molar-refractivity contribution in [2.45, 2.75) is 50.4 Å². The summed E-state index contributed by atoms with van der Waals surface area (Å²) >= 11 is 0. The van der Waals surface area contributed by atoms with E-state index in [2.05, 4.69) is 5.32 Å². The standard InChI is InChI=1S/C8H14FN/c1-8(9)4-6-2-3-7(5-8)10-6/h6-7,10H,2-5H2,1H3. The molecule has 1 nitrogen and oxygen atoms in total. The largest absolute Gasteiger partial charge is 0.311 e. The molecule has 1 N–H and O–H groups in total. The summed E-state index contributed by atoms with van der Waals surface area (Å²) < 4.78 is 13.4. The minimum atomic E-state index is -0.878. The minimum absolute atomic E-state index is 0.480. The number of piperidine rings is 1. The fourth-order valence-corrected chi connectivity index (χ4v) is 2.34. The van der Waals surface area contributed by atoms with E-state index in [1.807, 2.05) is 0 Å². The van der Waals surface area contributed by atoms with E-state index in [1.165, 1.54) is 12.8 Å². The van der Waals surface area contributed by atoms with Gasteiger partial charge >= 0.3 is 0 Å². The fraction of sp³-hybridized carbons (Fsp3) is 1.00. The zero-order valence-electron chi connectivity index (χ0n) is 6.36. The number of halogens is 1. The Bertz CT molecular complexity index is 130. The van der Waals surface area contributed by atoms with E-state index in [1.54, 1.807) is 6.92 Å². The summed E-state index contributed by atoms with van der Waals surface area (Å²) in [6.07, 6.45) is 3.82. The van der Waals surface area contributed by atoms with Crippen LogP contribution in [0.3, 0.4) is 0 Å². The van der Waals surface area contributed by atoms with Crippen LogP contribution in [0.25, 0.3) is 0 Å². The topological polar surface area (TPSA) is 12.0 Å². The highest BCUT2D eigenvalue weighted by atomic mass is 19.1. The van der Waals surface area contributed by atoms with Crippen LogP contribution in [0, 0.1) is 0 Å². The first-order chi connectivity index (χ1) is 4.66. The quantitative estimate of drug-likeness (QED) is 0.543. The molecule has 2 atom stereocenters. The lowest BCUT2D eigenvalue weighted by atomic mass is 9.91. The summed E-state index contributed by atoms with van der Waals surface area (Å²) in [4.78, 5) is 0. The molecule has 0 aromatic carbocycles. The molecule has 2 fully saturated rings. The first-order valence-corrected chi connectivity index (χ1v) is 4.11. The van der Waals surface area contributed by atoms with E-state index >= 15 is 0 Å². The second-order valence-corrected chi connectivity index (χ2v) is 3.96. The van der Waals surface area contributed by atoms with Crippen LogP contribution in [0.1, 0.15) is 32.6 Å². The third-order valence-corrected chi connectivity index (χ3v) is 2.68. The molecule has 0 saturated carbocycles. The van der Waals surface area contributed by atoms with Crippen LogP contribution >= 0.6 is 0 Å². The van der Waals surface area contributed by atoms with Gasteiger partial charge in [0.05, 0.1) is 0 Å². The van der Waals surface area contributed by atoms with Gasteiger partial charge < -0.3 is 5.32 Å². The number of fused-ring (bicyclic) bond motifs is 2. The van der Waals surface area contributed by atoms with Crippen molar-refractivity contribution < 1.29 is 4.39 Å². The average molecular weight is 143 g/mol. The normalized spacial score (nSPS) is 53.4. The fourth-order valence-electron chi connectivity index (χ4n) is 2.34. The number of nitrogens with one attached hydrogen (secondary N) is 1. The van der Waals surface area contributed by atoms with Crippen molar-refractivity contribution in [2.75, 3.05) is 0 Å². The molecule has 10 heavy (non-hydrogen) atoms. The van der Waals surface area contributed by atoms with Crippen LogP contribution in [0.4, 0.5) is 4.39 Å². The van der Waals surface area contributed by atoms with Gasteiger partial charge in [-0.15, -0.1) is 0 Å².